The van der Waals surface area contributed by atoms with Crippen LogP contribution in [0.4, 0.5) is 14.5 Å². The van der Waals surface area contributed by atoms with Gasteiger partial charge in [0.25, 0.3) is 0 Å². The lowest BCUT2D eigenvalue weighted by atomic mass is 9.91. The molecule has 2 aromatic carbocycles. The molecule has 2 unspecified atom stereocenters. The van der Waals surface area contributed by atoms with Crippen molar-refractivity contribution in [3.63, 3.8) is 0 Å². The summed E-state index contributed by atoms with van der Waals surface area (Å²) in [6, 6.07) is 9.59. The maximum atomic E-state index is 13.7. The first-order chi connectivity index (χ1) is 15.6. The SMILES string of the molecule is O=C(C1CNCCC1Nc1ccc(F)c(F)c1)N(Cc1cccc2c1OCCO2)C1CC1. The summed E-state index contributed by atoms with van der Waals surface area (Å²) in [5.74, 6) is -0.596. The number of para-hydroxylation sites is 1. The average molecular weight is 443 g/mol. The molecule has 2 fully saturated rings. The van der Waals surface area contributed by atoms with E-state index in [9.17, 15) is 13.6 Å². The van der Waals surface area contributed by atoms with E-state index in [1.807, 2.05) is 23.1 Å². The highest BCUT2D eigenvalue weighted by molar-refractivity contribution is 5.81. The maximum absolute atomic E-state index is 13.7. The van der Waals surface area contributed by atoms with Crippen molar-refractivity contribution in [3.8, 4) is 11.5 Å². The summed E-state index contributed by atoms with van der Waals surface area (Å²) in [5.41, 5.74) is 1.42. The van der Waals surface area contributed by atoms with E-state index < -0.39 is 11.6 Å². The first-order valence-corrected chi connectivity index (χ1v) is 11.2. The minimum Gasteiger partial charge on any atom is -0.486 e. The summed E-state index contributed by atoms with van der Waals surface area (Å²) < 4.78 is 38.5. The Hall–Kier alpha value is -2.87. The summed E-state index contributed by atoms with van der Waals surface area (Å²) >= 11 is 0. The summed E-state index contributed by atoms with van der Waals surface area (Å²) in [6.45, 7) is 2.77. The molecule has 3 aliphatic rings. The third kappa shape index (κ3) is 4.37. The predicted molar refractivity (Wildman–Crippen MR) is 116 cm³/mol. The van der Waals surface area contributed by atoms with Crippen LogP contribution in [-0.4, -0.2) is 49.2 Å². The van der Waals surface area contributed by atoms with Gasteiger partial charge in [0, 0.05) is 42.5 Å². The van der Waals surface area contributed by atoms with E-state index in [2.05, 4.69) is 10.6 Å². The molecule has 2 aliphatic heterocycles. The number of amides is 1. The largest absolute Gasteiger partial charge is 0.486 e. The zero-order valence-corrected chi connectivity index (χ0v) is 17.8. The van der Waals surface area contributed by atoms with Crippen LogP contribution in [0.25, 0.3) is 0 Å². The van der Waals surface area contributed by atoms with Crippen LogP contribution < -0.4 is 20.1 Å². The Kier molecular flexibility index (Phi) is 5.87. The summed E-state index contributed by atoms with van der Waals surface area (Å²) in [5, 5.41) is 6.58. The van der Waals surface area contributed by atoms with Gasteiger partial charge in [0.2, 0.25) is 5.91 Å². The Morgan fingerprint density at radius 2 is 1.94 bits per heavy atom. The van der Waals surface area contributed by atoms with Gasteiger partial charge in [-0.15, -0.1) is 0 Å². The molecule has 0 bridgehead atoms. The van der Waals surface area contributed by atoms with E-state index in [1.165, 1.54) is 6.07 Å². The Morgan fingerprint density at radius 1 is 1.09 bits per heavy atom. The number of carbonyl (C=O) groups excluding carboxylic acids is 1. The van der Waals surface area contributed by atoms with Gasteiger partial charge in [-0.1, -0.05) is 12.1 Å². The van der Waals surface area contributed by atoms with Gasteiger partial charge in [-0.3, -0.25) is 4.79 Å². The van der Waals surface area contributed by atoms with Crippen LogP contribution >= 0.6 is 0 Å². The van der Waals surface area contributed by atoms with Crippen LogP contribution in [0, 0.1) is 17.6 Å². The van der Waals surface area contributed by atoms with Gasteiger partial charge in [0.05, 0.1) is 5.92 Å². The number of carbonyl (C=O) groups is 1. The molecule has 0 aromatic heterocycles. The Balaban J connectivity index is 1.35. The van der Waals surface area contributed by atoms with Crippen molar-refractivity contribution in [1.29, 1.82) is 0 Å². The van der Waals surface area contributed by atoms with Gasteiger partial charge in [-0.2, -0.15) is 0 Å². The van der Waals surface area contributed by atoms with Crippen LogP contribution in [0.1, 0.15) is 24.8 Å². The molecule has 32 heavy (non-hydrogen) atoms. The zero-order chi connectivity index (χ0) is 22.1. The van der Waals surface area contributed by atoms with Crippen molar-refractivity contribution in [1.82, 2.24) is 10.2 Å². The molecule has 2 atom stereocenters. The molecule has 1 aliphatic carbocycles. The number of nitrogens with one attached hydrogen (secondary N) is 2. The van der Waals surface area contributed by atoms with Crippen molar-refractivity contribution in [2.24, 2.45) is 5.92 Å². The van der Waals surface area contributed by atoms with E-state index >= 15 is 0 Å². The van der Waals surface area contributed by atoms with Gasteiger partial charge in [-0.25, -0.2) is 8.78 Å². The first-order valence-electron chi connectivity index (χ1n) is 11.2. The maximum Gasteiger partial charge on any atom is 0.229 e. The summed E-state index contributed by atoms with van der Waals surface area (Å²) in [4.78, 5) is 15.7. The molecule has 2 N–H and O–H groups in total. The van der Waals surface area contributed by atoms with Crippen molar-refractivity contribution < 1.29 is 23.0 Å². The fraction of sp³-hybridized carbons (Fsp3) is 0.458. The summed E-state index contributed by atoms with van der Waals surface area (Å²) in [6.07, 6.45) is 2.69. The molecule has 8 heteroatoms. The molecular weight excluding hydrogens is 416 g/mol. The number of anilines is 1. The molecule has 0 radical (unpaired) electrons. The number of piperidine rings is 1. The third-order valence-electron chi connectivity index (χ3n) is 6.33. The van der Waals surface area contributed by atoms with Gasteiger partial charge in [0.1, 0.15) is 13.2 Å². The molecule has 0 spiro atoms. The number of fused-ring (bicyclic) bond motifs is 1. The third-order valence-corrected chi connectivity index (χ3v) is 6.33. The highest BCUT2D eigenvalue weighted by Gasteiger charge is 2.40. The smallest absolute Gasteiger partial charge is 0.229 e. The fourth-order valence-corrected chi connectivity index (χ4v) is 4.52. The lowest BCUT2D eigenvalue weighted by Crippen LogP contribution is -2.52. The van der Waals surface area contributed by atoms with Gasteiger partial charge >= 0.3 is 0 Å². The minimum absolute atomic E-state index is 0.0640. The quantitative estimate of drug-likeness (QED) is 0.717. The van der Waals surface area contributed by atoms with E-state index in [4.69, 9.17) is 9.47 Å². The molecule has 170 valence electrons. The van der Waals surface area contributed by atoms with Crippen LogP contribution in [0.5, 0.6) is 11.5 Å². The van der Waals surface area contributed by atoms with Gasteiger partial charge in [-0.05, 0) is 44.0 Å². The van der Waals surface area contributed by atoms with Crippen LogP contribution in [0.2, 0.25) is 0 Å². The number of nitrogens with zero attached hydrogens (tertiary/aromatic N) is 1. The second-order valence-corrected chi connectivity index (χ2v) is 8.62. The number of benzene rings is 2. The molecule has 1 saturated carbocycles. The number of hydrogen-bond donors (Lipinski definition) is 2. The van der Waals surface area contributed by atoms with Gasteiger partial charge in [0.15, 0.2) is 23.1 Å². The van der Waals surface area contributed by atoms with E-state index in [0.717, 1.165) is 42.8 Å². The second-order valence-electron chi connectivity index (χ2n) is 8.62. The normalized spacial score (nSPS) is 22.3. The Morgan fingerprint density at radius 3 is 2.75 bits per heavy atom. The molecule has 5 rings (SSSR count). The topological polar surface area (TPSA) is 62.8 Å². The molecular formula is C24H27F2N3O3. The summed E-state index contributed by atoms with van der Waals surface area (Å²) in [7, 11) is 0. The molecule has 1 saturated heterocycles. The number of ether oxygens (including phenoxy) is 2. The molecule has 2 heterocycles. The van der Waals surface area contributed by atoms with Crippen LogP contribution in [0.15, 0.2) is 36.4 Å². The zero-order valence-electron chi connectivity index (χ0n) is 17.8. The molecule has 1 amide bonds. The van der Waals surface area contributed by atoms with Crippen LogP contribution in [0.3, 0.4) is 0 Å². The second kappa shape index (κ2) is 8.94. The average Bonchev–Trinajstić information content (AvgIpc) is 3.65. The monoisotopic (exact) mass is 443 g/mol. The molecule has 2 aromatic rings. The number of rotatable bonds is 6. The molecule has 6 nitrogen and oxygen atoms in total. The highest BCUT2D eigenvalue weighted by Crippen LogP contribution is 2.37. The highest BCUT2D eigenvalue weighted by atomic mass is 19.2. The van der Waals surface area contributed by atoms with Gasteiger partial charge < -0.3 is 25.0 Å². The van der Waals surface area contributed by atoms with Crippen molar-refractivity contribution in [3.05, 3.63) is 53.6 Å². The Labute approximate surface area is 185 Å². The van der Waals surface area contributed by atoms with Crippen molar-refractivity contribution in [2.45, 2.75) is 37.9 Å². The lowest BCUT2D eigenvalue weighted by molar-refractivity contribution is -0.137. The Bertz CT molecular complexity index is 998. The van der Waals surface area contributed by atoms with Crippen molar-refractivity contribution >= 4 is 11.6 Å². The minimum atomic E-state index is -0.900. The van der Waals surface area contributed by atoms with E-state index in [-0.39, 0.29) is 23.9 Å². The first kappa shape index (κ1) is 21.0. The lowest BCUT2D eigenvalue weighted by Gasteiger charge is -2.36. The van der Waals surface area contributed by atoms with E-state index in [0.29, 0.717) is 44.2 Å². The van der Waals surface area contributed by atoms with E-state index in [1.54, 1.807) is 0 Å². The van der Waals surface area contributed by atoms with Crippen molar-refractivity contribution in [2.75, 3.05) is 31.6 Å². The fourth-order valence-electron chi connectivity index (χ4n) is 4.52. The predicted octanol–water partition coefficient (Wildman–Crippen LogP) is 3.32. The standard InChI is InChI=1S/C24H27F2N3O3/c25-19-7-4-16(12-20(19)26)28-21-8-9-27-13-18(21)24(30)29(17-5-6-17)14-15-2-1-3-22-23(15)32-11-10-31-22/h1-4,7,12,17-18,21,27-28H,5-6,8-11,13-14H2. The number of halogens is 2. The number of hydrogen-bond acceptors (Lipinski definition) is 5. The van der Waals surface area contributed by atoms with Crippen LogP contribution in [-0.2, 0) is 11.3 Å².